The van der Waals surface area contributed by atoms with E-state index in [1.165, 1.54) is 17.2 Å². The van der Waals surface area contributed by atoms with Gasteiger partial charge in [-0.3, -0.25) is 19.1 Å². The second-order valence-corrected chi connectivity index (χ2v) is 7.02. The second kappa shape index (κ2) is 6.37. The summed E-state index contributed by atoms with van der Waals surface area (Å²) in [6.45, 7) is 3.04. The van der Waals surface area contributed by atoms with Crippen LogP contribution >= 0.6 is 0 Å². The second-order valence-electron chi connectivity index (χ2n) is 7.02. The van der Waals surface area contributed by atoms with Crippen molar-refractivity contribution in [3.8, 4) is 5.75 Å². The van der Waals surface area contributed by atoms with E-state index in [0.717, 1.165) is 36.5 Å². The number of aromatic nitrogens is 3. The van der Waals surface area contributed by atoms with Gasteiger partial charge in [-0.2, -0.15) is 5.10 Å². The third kappa shape index (κ3) is 2.95. The molecule has 1 aromatic heterocycles. The van der Waals surface area contributed by atoms with Crippen LogP contribution in [-0.4, -0.2) is 45.0 Å². The van der Waals surface area contributed by atoms with E-state index >= 15 is 0 Å². The molecular formula is C18H22N4O4. The maximum Gasteiger partial charge on any atom is 0.332 e. The third-order valence-corrected chi connectivity index (χ3v) is 5.21. The average Bonchev–Trinajstić information content (AvgIpc) is 3.03. The molecule has 2 aliphatic rings. The first-order valence-corrected chi connectivity index (χ1v) is 8.66. The smallest absolute Gasteiger partial charge is 0.332 e. The van der Waals surface area contributed by atoms with Crippen molar-refractivity contribution in [1.82, 2.24) is 19.2 Å². The summed E-state index contributed by atoms with van der Waals surface area (Å²) in [5, 5.41) is 4.15. The molecule has 8 nitrogen and oxygen atoms in total. The largest absolute Gasteiger partial charge is 0.497 e. The molecule has 0 amide bonds. The Kier molecular flexibility index (Phi) is 4.16. The number of ether oxygens (including phenoxy) is 2. The Morgan fingerprint density at radius 3 is 2.69 bits per heavy atom. The number of hydrogen-bond donors (Lipinski definition) is 0. The van der Waals surface area contributed by atoms with E-state index < -0.39 is 16.7 Å². The van der Waals surface area contributed by atoms with Crippen LogP contribution in [0.15, 0.2) is 33.9 Å². The average molecular weight is 358 g/mol. The van der Waals surface area contributed by atoms with Crippen molar-refractivity contribution in [2.45, 2.75) is 31.7 Å². The lowest BCUT2D eigenvalue weighted by atomic mass is 10.0. The van der Waals surface area contributed by atoms with E-state index in [2.05, 4.69) is 22.1 Å². The number of aryl methyl sites for hydroxylation is 1. The van der Waals surface area contributed by atoms with Crippen molar-refractivity contribution >= 4 is 0 Å². The molecule has 1 spiro atoms. The minimum absolute atomic E-state index is 0.250. The van der Waals surface area contributed by atoms with Crippen LogP contribution in [0.1, 0.15) is 17.8 Å². The Labute approximate surface area is 150 Å². The van der Waals surface area contributed by atoms with E-state index in [1.807, 2.05) is 12.1 Å². The van der Waals surface area contributed by atoms with Crippen molar-refractivity contribution in [3.63, 3.8) is 0 Å². The lowest BCUT2D eigenvalue weighted by Crippen LogP contribution is -2.52. The van der Waals surface area contributed by atoms with Gasteiger partial charge in [0.25, 0.3) is 0 Å². The first-order chi connectivity index (χ1) is 12.5. The molecule has 1 aromatic carbocycles. The molecular weight excluding hydrogens is 336 g/mol. The molecule has 1 atom stereocenters. The van der Waals surface area contributed by atoms with Crippen molar-refractivity contribution in [1.29, 1.82) is 0 Å². The number of benzene rings is 1. The number of fused-ring (bicyclic) bond motifs is 1. The third-order valence-electron chi connectivity index (χ3n) is 5.21. The summed E-state index contributed by atoms with van der Waals surface area (Å²) in [4.78, 5) is 26.5. The summed E-state index contributed by atoms with van der Waals surface area (Å²) in [5.74, 6) is 1.35. The van der Waals surface area contributed by atoms with E-state index in [4.69, 9.17) is 9.47 Å². The summed E-state index contributed by atoms with van der Waals surface area (Å²) in [5.41, 5.74) is -0.350. The van der Waals surface area contributed by atoms with Gasteiger partial charge in [-0.1, -0.05) is 12.1 Å². The van der Waals surface area contributed by atoms with Gasteiger partial charge in [0.2, 0.25) is 0 Å². The maximum absolute atomic E-state index is 12.3. The zero-order valence-corrected chi connectivity index (χ0v) is 15.0. The van der Waals surface area contributed by atoms with Gasteiger partial charge in [0.1, 0.15) is 18.0 Å². The first kappa shape index (κ1) is 17.0. The van der Waals surface area contributed by atoms with Crippen LogP contribution < -0.4 is 15.9 Å². The van der Waals surface area contributed by atoms with Gasteiger partial charge in [0.05, 0.1) is 13.7 Å². The summed E-state index contributed by atoms with van der Waals surface area (Å²) in [6.07, 6.45) is 0.824. The van der Waals surface area contributed by atoms with Crippen LogP contribution in [0.3, 0.4) is 0 Å². The molecule has 138 valence electrons. The minimum atomic E-state index is -0.598. The number of rotatable bonds is 3. The molecule has 3 heterocycles. The van der Waals surface area contributed by atoms with Crippen LogP contribution in [-0.2, 0) is 31.5 Å². The Hall–Kier alpha value is -2.45. The number of hydrogen-bond acceptors (Lipinski definition) is 6. The minimum Gasteiger partial charge on any atom is -0.497 e. The van der Waals surface area contributed by atoms with Crippen molar-refractivity contribution in [2.75, 3.05) is 20.2 Å². The summed E-state index contributed by atoms with van der Waals surface area (Å²) >= 11 is 0. The van der Waals surface area contributed by atoms with Gasteiger partial charge in [0.15, 0.2) is 5.82 Å². The molecule has 26 heavy (non-hydrogen) atoms. The fourth-order valence-electron chi connectivity index (χ4n) is 3.76. The molecule has 1 fully saturated rings. The molecule has 8 heteroatoms. The Morgan fingerprint density at radius 1 is 1.19 bits per heavy atom. The van der Waals surface area contributed by atoms with Gasteiger partial charge >= 0.3 is 11.1 Å². The van der Waals surface area contributed by atoms with E-state index in [9.17, 15) is 9.59 Å². The van der Waals surface area contributed by atoms with E-state index in [-0.39, 0.29) is 6.61 Å². The van der Waals surface area contributed by atoms with Gasteiger partial charge in [0, 0.05) is 26.7 Å². The molecule has 0 N–H and O–H groups in total. The van der Waals surface area contributed by atoms with E-state index in [1.54, 1.807) is 7.11 Å². The summed E-state index contributed by atoms with van der Waals surface area (Å²) in [7, 11) is 3.14. The van der Waals surface area contributed by atoms with Gasteiger partial charge in [-0.25, -0.2) is 4.68 Å². The Bertz CT molecular complexity index is 934. The molecule has 2 aromatic rings. The highest BCUT2D eigenvalue weighted by molar-refractivity contribution is 5.27. The molecule has 4 rings (SSSR count). The van der Waals surface area contributed by atoms with Gasteiger partial charge < -0.3 is 9.47 Å². The van der Waals surface area contributed by atoms with Gasteiger partial charge in [-0.15, -0.1) is 0 Å². The fraction of sp³-hybridized carbons (Fsp3) is 0.500. The molecule has 2 aliphatic heterocycles. The van der Waals surface area contributed by atoms with Crippen LogP contribution in [0, 0.1) is 0 Å². The molecule has 0 bridgehead atoms. The van der Waals surface area contributed by atoms with Crippen LogP contribution in [0.4, 0.5) is 0 Å². The predicted molar refractivity (Wildman–Crippen MR) is 94.1 cm³/mol. The molecule has 0 radical (unpaired) electrons. The molecule has 1 unspecified atom stereocenters. The quantitative estimate of drug-likeness (QED) is 0.726. The zero-order valence-electron chi connectivity index (χ0n) is 15.0. The fourth-order valence-corrected chi connectivity index (χ4v) is 3.76. The first-order valence-electron chi connectivity index (χ1n) is 8.66. The lowest BCUT2D eigenvalue weighted by molar-refractivity contribution is -0.0858. The molecule has 0 saturated carbocycles. The van der Waals surface area contributed by atoms with Crippen LogP contribution in [0.5, 0.6) is 5.75 Å². The molecule has 1 saturated heterocycles. The highest BCUT2D eigenvalue weighted by Crippen LogP contribution is 2.31. The topological polar surface area (TPSA) is 78.6 Å². The zero-order chi connectivity index (χ0) is 18.3. The van der Waals surface area contributed by atoms with E-state index in [0.29, 0.717) is 12.4 Å². The maximum atomic E-state index is 12.3. The van der Waals surface area contributed by atoms with Crippen molar-refractivity contribution < 1.29 is 9.47 Å². The highest BCUT2D eigenvalue weighted by atomic mass is 16.5. The predicted octanol–water partition coefficient (Wildman–Crippen LogP) is 0.126. The summed E-state index contributed by atoms with van der Waals surface area (Å²) in [6, 6.07) is 8.02. The SMILES string of the molecule is COc1ccc(CN2CCC3(C2)Cn2c(nn(C)c(=O)c2=O)CO3)cc1. The number of nitrogens with zero attached hydrogens (tertiary/aromatic N) is 4. The van der Waals surface area contributed by atoms with Gasteiger partial charge in [-0.05, 0) is 24.1 Å². The van der Waals surface area contributed by atoms with Crippen molar-refractivity contribution in [3.05, 3.63) is 56.4 Å². The Balaban J connectivity index is 1.50. The highest BCUT2D eigenvalue weighted by Gasteiger charge is 2.43. The molecule has 0 aliphatic carbocycles. The Morgan fingerprint density at radius 2 is 1.96 bits per heavy atom. The normalized spacial score (nSPS) is 22.5. The van der Waals surface area contributed by atoms with Crippen LogP contribution in [0.25, 0.3) is 0 Å². The van der Waals surface area contributed by atoms with Crippen LogP contribution in [0.2, 0.25) is 0 Å². The monoisotopic (exact) mass is 358 g/mol. The lowest BCUT2D eigenvalue weighted by Gasteiger charge is -2.35. The number of methoxy groups -OCH3 is 1. The summed E-state index contributed by atoms with van der Waals surface area (Å²) < 4.78 is 13.9. The standard InChI is InChI=1S/C18H22N4O4/c1-20-16(23)17(24)22-12-18(26-10-15(22)19-20)7-8-21(11-18)9-13-3-5-14(25-2)6-4-13/h3-6H,7-12H2,1-2H3. The number of likely N-dealkylation sites (tertiary alicyclic amines) is 1. The van der Waals surface area contributed by atoms with Crippen molar-refractivity contribution in [2.24, 2.45) is 7.05 Å².